The van der Waals surface area contributed by atoms with E-state index in [9.17, 15) is 9.36 Å². The molecule has 0 fully saturated rings. The number of rotatable bonds is 8. The van der Waals surface area contributed by atoms with Gasteiger partial charge in [-0.3, -0.25) is 9.32 Å². The van der Waals surface area contributed by atoms with Crippen molar-refractivity contribution in [2.75, 3.05) is 5.88 Å². The van der Waals surface area contributed by atoms with Gasteiger partial charge in [0.25, 0.3) is 0 Å². The van der Waals surface area contributed by atoms with Gasteiger partial charge in [-0.1, -0.05) is 48.5 Å². The second kappa shape index (κ2) is 8.90. The van der Waals surface area contributed by atoms with E-state index in [1.165, 1.54) is 0 Å². The highest BCUT2D eigenvalue weighted by atomic mass is 35.5. The first-order chi connectivity index (χ1) is 11.2. The quantitative estimate of drug-likeness (QED) is 0.304. The molecule has 0 N–H and O–H groups in total. The van der Waals surface area contributed by atoms with Crippen molar-refractivity contribution >= 4 is 26.1 Å². The molecular weight excluding hydrogens is 335 g/mol. The average Bonchev–Trinajstić information content (AvgIpc) is 2.58. The summed E-state index contributed by atoms with van der Waals surface area (Å²) >= 11 is 5.67. The zero-order chi connectivity index (χ0) is 16.7. The molecule has 0 bridgehead atoms. The number of hydrogen-bond acceptors (Lipinski definition) is 4. The summed E-state index contributed by atoms with van der Waals surface area (Å²) in [5.41, 5.74) is 2.86. The Bertz CT molecular complexity index is 690. The van der Waals surface area contributed by atoms with Crippen molar-refractivity contribution in [1.29, 1.82) is 0 Å². The molecule has 4 nitrogen and oxygen atoms in total. The van der Waals surface area contributed by atoms with Crippen molar-refractivity contribution in [1.82, 2.24) is 0 Å². The van der Waals surface area contributed by atoms with E-state index in [0.29, 0.717) is 11.1 Å². The molecule has 2 aromatic rings. The summed E-state index contributed by atoms with van der Waals surface area (Å²) in [4.78, 5) is 12.8. The Hall–Kier alpha value is -1.58. The molecule has 2 aromatic carbocycles. The van der Waals surface area contributed by atoms with Gasteiger partial charge >= 0.3 is 8.69 Å². The van der Waals surface area contributed by atoms with Gasteiger partial charge in [0.2, 0.25) is 0 Å². The van der Waals surface area contributed by atoms with Crippen LogP contribution in [0.2, 0.25) is 0 Å². The summed E-state index contributed by atoms with van der Waals surface area (Å²) in [5.74, 6) is -0.0176. The molecule has 0 saturated carbocycles. The van der Waals surface area contributed by atoms with Crippen LogP contribution in [0.5, 0.6) is 0 Å². The number of ether oxygens (including phenoxy) is 1. The second-order valence-electron chi connectivity index (χ2n) is 4.88. The van der Waals surface area contributed by atoms with E-state index in [1.807, 2.05) is 37.3 Å². The van der Waals surface area contributed by atoms with Gasteiger partial charge in [-0.25, -0.2) is 4.57 Å². The maximum Gasteiger partial charge on any atom is 0.329 e. The molecule has 0 aliphatic heterocycles. The van der Waals surface area contributed by atoms with E-state index in [4.69, 9.17) is 20.9 Å². The van der Waals surface area contributed by atoms with Crippen LogP contribution in [0.15, 0.2) is 48.5 Å². The molecule has 0 amide bonds. The van der Waals surface area contributed by atoms with E-state index in [1.54, 1.807) is 18.2 Å². The molecule has 0 saturated heterocycles. The molecule has 2 rings (SSSR count). The van der Waals surface area contributed by atoms with Crippen LogP contribution in [-0.2, 0) is 20.4 Å². The van der Waals surface area contributed by atoms with Gasteiger partial charge in [-0.05, 0) is 18.1 Å². The Morgan fingerprint density at radius 1 is 1.13 bits per heavy atom. The van der Waals surface area contributed by atoms with Crippen molar-refractivity contribution in [3.05, 3.63) is 70.8 Å². The lowest BCUT2D eigenvalue weighted by Crippen LogP contribution is -2.16. The maximum atomic E-state index is 12.8. The first-order valence-corrected chi connectivity index (χ1v) is 8.28. The molecule has 120 valence electrons. The number of alkyl halides is 1. The number of halogens is 1. The number of carbonyl (C=O) groups excluding carboxylic acids is 1. The third kappa shape index (κ3) is 4.69. The van der Waals surface area contributed by atoms with Crippen LogP contribution in [0.4, 0.5) is 0 Å². The largest absolute Gasteiger partial charge is 0.346 e. The van der Waals surface area contributed by atoms with Gasteiger partial charge in [0.15, 0.2) is 12.1 Å². The van der Waals surface area contributed by atoms with Crippen LogP contribution in [-0.4, -0.2) is 18.0 Å². The first kappa shape index (κ1) is 17.8. The Kier molecular flexibility index (Phi) is 6.87. The predicted molar refractivity (Wildman–Crippen MR) is 89.0 cm³/mol. The lowest BCUT2D eigenvalue weighted by molar-refractivity contribution is -0.0668. The van der Waals surface area contributed by atoms with E-state index >= 15 is 0 Å². The number of benzene rings is 2. The Balaban J connectivity index is 2.22. The molecule has 6 heteroatoms. The third-order valence-corrected chi connectivity index (χ3v) is 3.94. The summed E-state index contributed by atoms with van der Waals surface area (Å²) in [5, 5.41) is 0. The summed E-state index contributed by atoms with van der Waals surface area (Å²) < 4.78 is 20.7. The normalized spacial score (nSPS) is 12.3. The van der Waals surface area contributed by atoms with Gasteiger partial charge in [-0.15, -0.1) is 11.6 Å². The van der Waals surface area contributed by atoms with Crippen molar-refractivity contribution in [2.24, 2.45) is 0 Å². The molecule has 0 spiro atoms. The minimum Gasteiger partial charge on any atom is -0.346 e. The average molecular weight is 351 g/mol. The van der Waals surface area contributed by atoms with Crippen molar-refractivity contribution < 1.29 is 18.6 Å². The minimum absolute atomic E-state index is 0.0448. The van der Waals surface area contributed by atoms with Crippen LogP contribution in [0.1, 0.15) is 27.0 Å². The predicted octanol–water partition coefficient (Wildman–Crippen LogP) is 4.53. The number of ketones is 1. The summed E-state index contributed by atoms with van der Waals surface area (Å²) in [6.07, 6.45) is -0.794. The maximum absolute atomic E-state index is 12.8. The molecule has 0 heterocycles. The fourth-order valence-electron chi connectivity index (χ4n) is 2.17. The van der Waals surface area contributed by atoms with Crippen LogP contribution in [0, 0.1) is 6.92 Å². The smallest absolute Gasteiger partial charge is 0.329 e. The SMILES string of the molecule is Cc1ccccc1C(=O)c1ccccc1COC(CCl)OP=O. The fraction of sp³-hybridized carbons (Fsp3) is 0.235. The molecule has 1 atom stereocenters. The molecule has 23 heavy (non-hydrogen) atoms. The fourth-order valence-corrected chi connectivity index (χ4v) is 2.65. The number of hydrogen-bond donors (Lipinski definition) is 0. The van der Waals surface area contributed by atoms with Crippen molar-refractivity contribution in [2.45, 2.75) is 19.8 Å². The second-order valence-corrected chi connectivity index (χ2v) is 5.54. The van der Waals surface area contributed by atoms with Crippen LogP contribution < -0.4 is 0 Å². The Morgan fingerprint density at radius 2 is 1.78 bits per heavy atom. The molecule has 0 aliphatic carbocycles. The van der Waals surface area contributed by atoms with Gasteiger partial charge in [0, 0.05) is 11.1 Å². The standard InChI is InChI=1S/C17H16ClO4P/c1-12-6-2-4-8-14(12)17(19)15-9-5-3-7-13(15)11-21-16(10-18)22-23-20/h2-9,16H,10-11H2,1H3. The minimum atomic E-state index is -0.794. The third-order valence-electron chi connectivity index (χ3n) is 3.36. The summed E-state index contributed by atoms with van der Waals surface area (Å²) in [7, 11) is -0.497. The van der Waals surface area contributed by atoms with E-state index in [-0.39, 0.29) is 18.3 Å². The molecular formula is C17H16ClO4P. The summed E-state index contributed by atoms with van der Waals surface area (Å²) in [6, 6.07) is 14.6. The van der Waals surface area contributed by atoms with Gasteiger partial charge in [0.1, 0.15) is 0 Å². The first-order valence-electron chi connectivity index (χ1n) is 7.01. The summed E-state index contributed by atoms with van der Waals surface area (Å²) in [6.45, 7) is 2.04. The zero-order valence-corrected chi connectivity index (χ0v) is 14.2. The lowest BCUT2D eigenvalue weighted by Gasteiger charge is -2.14. The monoisotopic (exact) mass is 350 g/mol. The van der Waals surface area contributed by atoms with E-state index in [2.05, 4.69) is 0 Å². The number of carbonyl (C=O) groups is 1. The highest BCUT2D eigenvalue weighted by molar-refractivity contribution is 7.17. The molecule has 1 unspecified atom stereocenters. The van der Waals surface area contributed by atoms with Crippen LogP contribution >= 0.6 is 20.3 Å². The molecule has 0 radical (unpaired) electrons. The molecule has 0 aliphatic rings. The topological polar surface area (TPSA) is 52.6 Å². The van der Waals surface area contributed by atoms with Crippen LogP contribution in [0.25, 0.3) is 0 Å². The van der Waals surface area contributed by atoms with Gasteiger partial charge < -0.3 is 4.74 Å². The lowest BCUT2D eigenvalue weighted by atomic mass is 9.96. The van der Waals surface area contributed by atoms with E-state index in [0.717, 1.165) is 11.1 Å². The Morgan fingerprint density at radius 3 is 2.43 bits per heavy atom. The zero-order valence-electron chi connectivity index (χ0n) is 12.6. The van der Waals surface area contributed by atoms with Crippen molar-refractivity contribution in [3.63, 3.8) is 0 Å². The highest BCUT2D eigenvalue weighted by Gasteiger charge is 2.16. The van der Waals surface area contributed by atoms with Gasteiger partial charge in [0.05, 0.1) is 12.5 Å². The van der Waals surface area contributed by atoms with Crippen LogP contribution in [0.3, 0.4) is 0 Å². The number of aryl methyl sites for hydroxylation is 1. The molecule has 0 aromatic heterocycles. The highest BCUT2D eigenvalue weighted by Crippen LogP contribution is 2.19. The van der Waals surface area contributed by atoms with Crippen molar-refractivity contribution in [3.8, 4) is 0 Å². The Labute approximate surface area is 141 Å². The van der Waals surface area contributed by atoms with E-state index < -0.39 is 15.0 Å². The van der Waals surface area contributed by atoms with Gasteiger partial charge in [-0.2, -0.15) is 0 Å².